The summed E-state index contributed by atoms with van der Waals surface area (Å²) in [6.45, 7) is 3.01. The number of aromatic nitrogens is 1. The molecule has 2 fully saturated rings. The summed E-state index contributed by atoms with van der Waals surface area (Å²) in [7, 11) is 0. The van der Waals surface area contributed by atoms with Gasteiger partial charge in [-0.1, -0.05) is 0 Å². The number of rotatable bonds is 7. The highest BCUT2D eigenvalue weighted by molar-refractivity contribution is 7.99. The van der Waals surface area contributed by atoms with Gasteiger partial charge in [0.2, 0.25) is 0 Å². The molecular formula is C24H28F2N2O3S. The van der Waals surface area contributed by atoms with Gasteiger partial charge in [-0.3, -0.25) is 9.78 Å². The van der Waals surface area contributed by atoms with Gasteiger partial charge < -0.3 is 14.4 Å². The molecule has 8 heteroatoms. The van der Waals surface area contributed by atoms with E-state index in [0.29, 0.717) is 43.1 Å². The molecule has 0 N–H and O–H groups in total. The van der Waals surface area contributed by atoms with Crippen molar-refractivity contribution in [3.8, 4) is 17.0 Å². The molecule has 2 saturated heterocycles. The number of hydrogen-bond acceptors (Lipinski definition) is 6. The summed E-state index contributed by atoms with van der Waals surface area (Å²) in [5.41, 5.74) is 0.742. The lowest BCUT2D eigenvalue weighted by Gasteiger charge is -2.24. The van der Waals surface area contributed by atoms with Gasteiger partial charge in [0, 0.05) is 24.8 Å². The second kappa shape index (κ2) is 10.5. The zero-order valence-corrected chi connectivity index (χ0v) is 19.0. The lowest BCUT2D eigenvalue weighted by molar-refractivity contribution is -0.144. The topological polar surface area (TPSA) is 51.7 Å². The van der Waals surface area contributed by atoms with Gasteiger partial charge in [0.05, 0.1) is 13.0 Å². The van der Waals surface area contributed by atoms with Crippen LogP contribution >= 0.6 is 11.8 Å². The molecular weight excluding hydrogens is 434 g/mol. The maximum Gasteiger partial charge on any atom is 0.306 e. The average Bonchev–Trinajstić information content (AvgIpc) is 3.22. The third kappa shape index (κ3) is 5.34. The number of thioether (sulfide) groups is 1. The van der Waals surface area contributed by atoms with Crippen molar-refractivity contribution >= 4 is 23.4 Å². The number of carbonyl (C=O) groups is 1. The Morgan fingerprint density at radius 2 is 1.97 bits per heavy atom. The Morgan fingerprint density at radius 1 is 1.22 bits per heavy atom. The van der Waals surface area contributed by atoms with Crippen molar-refractivity contribution in [1.29, 1.82) is 0 Å². The van der Waals surface area contributed by atoms with Crippen molar-refractivity contribution in [3.05, 3.63) is 42.1 Å². The smallest absolute Gasteiger partial charge is 0.306 e. The Labute approximate surface area is 191 Å². The van der Waals surface area contributed by atoms with Crippen LogP contribution in [0.5, 0.6) is 5.75 Å². The van der Waals surface area contributed by atoms with Crippen LogP contribution in [0.4, 0.5) is 14.5 Å². The van der Waals surface area contributed by atoms with Gasteiger partial charge in [0.15, 0.2) is 0 Å². The fourth-order valence-electron chi connectivity index (χ4n) is 4.34. The predicted molar refractivity (Wildman–Crippen MR) is 122 cm³/mol. The van der Waals surface area contributed by atoms with E-state index in [2.05, 4.69) is 4.98 Å². The first-order chi connectivity index (χ1) is 15.5. The van der Waals surface area contributed by atoms with Gasteiger partial charge in [0.25, 0.3) is 0 Å². The first kappa shape index (κ1) is 22.8. The molecule has 32 heavy (non-hydrogen) atoms. The molecule has 2 aliphatic rings. The highest BCUT2D eigenvalue weighted by Crippen LogP contribution is 2.36. The van der Waals surface area contributed by atoms with Crippen molar-refractivity contribution in [2.75, 3.05) is 36.1 Å². The zero-order valence-electron chi connectivity index (χ0n) is 18.2. The van der Waals surface area contributed by atoms with Crippen LogP contribution in [-0.4, -0.2) is 48.3 Å². The van der Waals surface area contributed by atoms with Gasteiger partial charge in [-0.25, -0.2) is 8.78 Å². The minimum absolute atomic E-state index is 0.0250. The second-order valence-electron chi connectivity index (χ2n) is 8.18. The summed E-state index contributed by atoms with van der Waals surface area (Å²) in [5.74, 6) is 1.12. The summed E-state index contributed by atoms with van der Waals surface area (Å²) in [6.07, 6.45) is 4.54. The van der Waals surface area contributed by atoms with E-state index in [1.54, 1.807) is 30.2 Å². The van der Waals surface area contributed by atoms with Gasteiger partial charge in [-0.15, -0.1) is 0 Å². The van der Waals surface area contributed by atoms with Crippen molar-refractivity contribution in [2.24, 2.45) is 5.92 Å². The minimum atomic E-state index is -0.637. The van der Waals surface area contributed by atoms with Gasteiger partial charge in [-0.05, 0) is 67.9 Å². The van der Waals surface area contributed by atoms with Crippen LogP contribution in [0.25, 0.3) is 11.3 Å². The minimum Gasteiger partial charge on any atom is -0.488 e. The molecule has 0 bridgehead atoms. The Kier molecular flexibility index (Phi) is 7.50. The van der Waals surface area contributed by atoms with Crippen LogP contribution in [-0.2, 0) is 9.53 Å². The van der Waals surface area contributed by atoms with E-state index in [4.69, 9.17) is 9.47 Å². The monoisotopic (exact) mass is 462 g/mol. The number of esters is 1. The van der Waals surface area contributed by atoms with Crippen molar-refractivity contribution in [3.63, 3.8) is 0 Å². The number of ether oxygens (including phenoxy) is 2. The van der Waals surface area contributed by atoms with E-state index in [9.17, 15) is 4.79 Å². The zero-order chi connectivity index (χ0) is 22.5. The van der Waals surface area contributed by atoms with Crippen molar-refractivity contribution in [2.45, 2.75) is 38.7 Å². The Morgan fingerprint density at radius 3 is 2.69 bits per heavy atom. The maximum absolute atomic E-state index is 15.1. The summed E-state index contributed by atoms with van der Waals surface area (Å²) in [6, 6.07) is 6.21. The Balaban J connectivity index is 1.52. The molecule has 4 rings (SSSR count). The van der Waals surface area contributed by atoms with Crippen LogP contribution in [0.2, 0.25) is 0 Å². The van der Waals surface area contributed by atoms with E-state index >= 15 is 8.78 Å². The van der Waals surface area contributed by atoms with Gasteiger partial charge in [-0.2, -0.15) is 11.8 Å². The molecule has 1 aromatic heterocycles. The third-order valence-corrected chi connectivity index (χ3v) is 6.93. The number of pyridine rings is 1. The quantitative estimate of drug-likeness (QED) is 0.535. The third-order valence-electron chi connectivity index (χ3n) is 5.89. The summed E-state index contributed by atoms with van der Waals surface area (Å²) in [4.78, 5) is 17.8. The SMILES string of the molecule is CCOC(=O)CC1CCN(c2c(F)cc(-c3ncccc3OC3CCSCC3)cc2F)C1. The number of nitrogens with zero attached hydrogens (tertiary/aromatic N) is 2. The lowest BCUT2D eigenvalue weighted by Crippen LogP contribution is -2.23. The number of anilines is 1. The molecule has 2 aliphatic heterocycles. The molecule has 2 aromatic rings. The Bertz CT molecular complexity index is 930. The summed E-state index contributed by atoms with van der Waals surface area (Å²) >= 11 is 1.91. The average molecular weight is 463 g/mol. The molecule has 1 atom stereocenters. The second-order valence-corrected chi connectivity index (χ2v) is 9.40. The normalized spacial score (nSPS) is 19.2. The fraction of sp³-hybridized carbons (Fsp3) is 0.500. The van der Waals surface area contributed by atoms with Gasteiger partial charge in [0.1, 0.15) is 34.9 Å². The van der Waals surface area contributed by atoms with Crippen LogP contribution in [0.1, 0.15) is 32.6 Å². The fourth-order valence-corrected chi connectivity index (χ4v) is 5.40. The Hall–Kier alpha value is -2.35. The molecule has 0 amide bonds. The van der Waals surface area contributed by atoms with Crippen LogP contribution in [0, 0.1) is 17.6 Å². The van der Waals surface area contributed by atoms with Crippen molar-refractivity contribution < 1.29 is 23.0 Å². The lowest BCUT2D eigenvalue weighted by atomic mass is 10.1. The predicted octanol–water partition coefficient (Wildman–Crippen LogP) is 5.08. The summed E-state index contributed by atoms with van der Waals surface area (Å²) in [5, 5.41) is 0. The molecule has 3 heterocycles. The van der Waals surface area contributed by atoms with E-state index in [-0.39, 0.29) is 30.1 Å². The number of benzene rings is 1. The molecule has 172 valence electrons. The van der Waals surface area contributed by atoms with E-state index in [0.717, 1.165) is 24.3 Å². The molecule has 0 radical (unpaired) electrons. The highest BCUT2D eigenvalue weighted by Gasteiger charge is 2.29. The molecule has 0 aliphatic carbocycles. The number of halogens is 2. The largest absolute Gasteiger partial charge is 0.488 e. The van der Waals surface area contributed by atoms with Crippen molar-refractivity contribution in [1.82, 2.24) is 4.98 Å². The number of hydrogen-bond donors (Lipinski definition) is 0. The maximum atomic E-state index is 15.1. The molecule has 5 nitrogen and oxygen atoms in total. The van der Waals surface area contributed by atoms with E-state index in [1.807, 2.05) is 11.8 Å². The number of carbonyl (C=O) groups excluding carboxylic acids is 1. The first-order valence-electron chi connectivity index (χ1n) is 11.1. The standard InChI is InChI=1S/C24H28F2N2O3S/c1-2-30-22(29)12-16-5-9-28(15-16)24-19(25)13-17(14-20(24)26)23-21(4-3-8-27-23)31-18-6-10-32-11-7-18/h3-4,8,13-14,16,18H,2,5-7,9-12,15H2,1H3. The van der Waals surface area contributed by atoms with Gasteiger partial charge >= 0.3 is 5.97 Å². The van der Waals surface area contributed by atoms with E-state index < -0.39 is 11.6 Å². The molecule has 0 spiro atoms. The highest BCUT2D eigenvalue weighted by atomic mass is 32.2. The van der Waals surface area contributed by atoms with E-state index in [1.165, 1.54) is 12.1 Å². The summed E-state index contributed by atoms with van der Waals surface area (Å²) < 4.78 is 41.4. The molecule has 1 aromatic carbocycles. The van der Waals surface area contributed by atoms with Crippen LogP contribution in [0.15, 0.2) is 30.5 Å². The first-order valence-corrected chi connectivity index (χ1v) is 12.3. The molecule has 0 saturated carbocycles. The van der Waals surface area contributed by atoms with Crippen LogP contribution < -0.4 is 9.64 Å². The van der Waals surface area contributed by atoms with Crippen LogP contribution in [0.3, 0.4) is 0 Å². The molecule has 1 unspecified atom stereocenters.